The number of nitrogens with one attached hydrogen (secondary N) is 1. The molecule has 1 spiro atoms. The second kappa shape index (κ2) is 7.88. The molecule has 3 rings (SSSR count). The number of hydrogen-bond donors (Lipinski definition) is 1. The van der Waals surface area contributed by atoms with E-state index in [1.807, 2.05) is 0 Å². The van der Waals surface area contributed by atoms with E-state index in [1.54, 1.807) is 0 Å². The quantitative estimate of drug-likeness (QED) is 0.893. The molecule has 4 heteroatoms. The first-order valence-electron chi connectivity index (χ1n) is 9.77. The van der Waals surface area contributed by atoms with Gasteiger partial charge in [-0.3, -0.25) is 9.69 Å². The van der Waals surface area contributed by atoms with E-state index in [1.165, 1.54) is 24.0 Å². The Labute approximate surface area is 152 Å². The Morgan fingerprint density at radius 2 is 2.08 bits per heavy atom. The van der Waals surface area contributed by atoms with Crippen LogP contribution in [0.2, 0.25) is 0 Å². The summed E-state index contributed by atoms with van der Waals surface area (Å²) in [5, 5.41) is 3.20. The zero-order chi connectivity index (χ0) is 17.9. The average molecular weight is 344 g/mol. The smallest absolute Gasteiger partial charge is 0.237 e. The third kappa shape index (κ3) is 4.42. The molecule has 1 N–H and O–H groups in total. The lowest BCUT2D eigenvalue weighted by molar-refractivity contribution is -0.125. The van der Waals surface area contributed by atoms with Crippen LogP contribution in [0.4, 0.5) is 0 Å². The highest BCUT2D eigenvalue weighted by Gasteiger charge is 2.47. The van der Waals surface area contributed by atoms with Crippen LogP contribution in [-0.2, 0) is 11.3 Å². The lowest BCUT2D eigenvalue weighted by Crippen LogP contribution is -2.43. The van der Waals surface area contributed by atoms with E-state index in [-0.39, 0.29) is 11.9 Å². The minimum atomic E-state index is 0.0492. The summed E-state index contributed by atoms with van der Waals surface area (Å²) in [6, 6.07) is 8.44. The first-order chi connectivity index (χ1) is 12.0. The van der Waals surface area contributed by atoms with Crippen molar-refractivity contribution in [1.82, 2.24) is 15.1 Å². The number of hydrogen-bond acceptors (Lipinski definition) is 3. The molecule has 0 aromatic heterocycles. The van der Waals surface area contributed by atoms with E-state index in [9.17, 15) is 4.79 Å². The summed E-state index contributed by atoms with van der Waals surface area (Å²) in [5.74, 6) is 0.214. The van der Waals surface area contributed by atoms with Gasteiger partial charge in [0.05, 0.1) is 6.04 Å². The minimum Gasteiger partial charge on any atom is -0.351 e. The highest BCUT2D eigenvalue weighted by atomic mass is 16.2. The number of amides is 1. The van der Waals surface area contributed by atoms with E-state index >= 15 is 0 Å². The molecule has 0 radical (unpaired) electrons. The molecule has 1 aromatic rings. The van der Waals surface area contributed by atoms with Gasteiger partial charge in [0.15, 0.2) is 0 Å². The molecule has 1 atom stereocenters. The lowest BCUT2D eigenvalue weighted by atomic mass is 9.76. The molecule has 2 aliphatic rings. The van der Waals surface area contributed by atoms with E-state index < -0.39 is 0 Å². The molecule has 138 valence electrons. The number of aryl methyl sites for hydroxylation is 1. The third-order valence-electron chi connectivity index (χ3n) is 6.02. The van der Waals surface area contributed by atoms with Gasteiger partial charge in [0.2, 0.25) is 5.91 Å². The van der Waals surface area contributed by atoms with Gasteiger partial charge in [-0.05, 0) is 70.3 Å². The van der Waals surface area contributed by atoms with Gasteiger partial charge in [0.1, 0.15) is 0 Å². The van der Waals surface area contributed by atoms with Crippen LogP contribution in [0.3, 0.4) is 0 Å². The van der Waals surface area contributed by atoms with Crippen LogP contribution in [0, 0.1) is 12.3 Å². The van der Waals surface area contributed by atoms with Crippen molar-refractivity contribution < 1.29 is 4.79 Å². The number of rotatable bonds is 5. The minimum absolute atomic E-state index is 0.0492. The molecule has 0 saturated carbocycles. The van der Waals surface area contributed by atoms with Crippen LogP contribution < -0.4 is 5.32 Å². The Kier molecular flexibility index (Phi) is 5.80. The normalized spacial score (nSPS) is 23.9. The highest BCUT2D eigenvalue weighted by molar-refractivity contribution is 5.82. The Hall–Kier alpha value is -1.39. The van der Waals surface area contributed by atoms with Crippen LogP contribution in [0.15, 0.2) is 24.3 Å². The Balaban J connectivity index is 1.63. The van der Waals surface area contributed by atoms with Crippen molar-refractivity contribution in [2.45, 2.75) is 52.1 Å². The van der Waals surface area contributed by atoms with Gasteiger partial charge in [0.25, 0.3) is 0 Å². The van der Waals surface area contributed by atoms with Gasteiger partial charge in [0, 0.05) is 13.1 Å². The predicted molar refractivity (Wildman–Crippen MR) is 102 cm³/mol. The molecule has 2 heterocycles. The molecular weight excluding hydrogens is 310 g/mol. The number of likely N-dealkylation sites (tertiary alicyclic amines) is 2. The number of benzene rings is 1. The van der Waals surface area contributed by atoms with E-state index in [0.29, 0.717) is 12.0 Å². The Morgan fingerprint density at radius 3 is 2.76 bits per heavy atom. The van der Waals surface area contributed by atoms with Gasteiger partial charge in [-0.15, -0.1) is 0 Å². The number of carbonyl (C=O) groups excluding carboxylic acids is 1. The van der Waals surface area contributed by atoms with Crippen molar-refractivity contribution in [3.8, 4) is 0 Å². The van der Waals surface area contributed by atoms with Gasteiger partial charge in [-0.25, -0.2) is 0 Å². The molecule has 2 fully saturated rings. The van der Waals surface area contributed by atoms with Gasteiger partial charge in [-0.2, -0.15) is 0 Å². The molecule has 0 bridgehead atoms. The molecule has 25 heavy (non-hydrogen) atoms. The summed E-state index contributed by atoms with van der Waals surface area (Å²) >= 11 is 0. The highest BCUT2D eigenvalue weighted by Crippen LogP contribution is 2.43. The standard InChI is InChI=1S/C21H33N3O/c1-4-10-24-16-21(8-11-23(3)12-9-21)14-19(24)20(25)22-15-18-7-5-6-17(2)13-18/h5-7,13,19H,4,8-12,14-16H2,1-3H3,(H,22,25)/t19-/m0/s1. The first kappa shape index (κ1) is 18.4. The molecular formula is C21H33N3O. The maximum atomic E-state index is 12.9. The SMILES string of the molecule is CCCN1CC2(CCN(C)CC2)C[C@H]1C(=O)NCc1cccc(C)c1. The van der Waals surface area contributed by atoms with Crippen LogP contribution in [0.5, 0.6) is 0 Å². The summed E-state index contributed by atoms with van der Waals surface area (Å²) in [5.41, 5.74) is 2.78. The molecule has 2 saturated heterocycles. The van der Waals surface area contributed by atoms with Crippen molar-refractivity contribution in [3.63, 3.8) is 0 Å². The Bertz CT molecular complexity index is 593. The van der Waals surface area contributed by atoms with Crippen LogP contribution in [0.1, 0.15) is 43.7 Å². The van der Waals surface area contributed by atoms with Crippen LogP contribution >= 0.6 is 0 Å². The maximum absolute atomic E-state index is 12.9. The Morgan fingerprint density at radius 1 is 1.32 bits per heavy atom. The van der Waals surface area contributed by atoms with Crippen molar-refractivity contribution in [2.75, 3.05) is 33.2 Å². The zero-order valence-corrected chi connectivity index (χ0v) is 16.1. The lowest BCUT2D eigenvalue weighted by Gasteiger charge is -2.37. The maximum Gasteiger partial charge on any atom is 0.237 e. The van der Waals surface area contributed by atoms with Gasteiger partial charge in [-0.1, -0.05) is 36.8 Å². The van der Waals surface area contributed by atoms with Crippen molar-refractivity contribution in [3.05, 3.63) is 35.4 Å². The summed E-state index contributed by atoms with van der Waals surface area (Å²) in [6.45, 7) is 9.38. The fourth-order valence-corrected chi connectivity index (χ4v) is 4.51. The molecule has 1 amide bonds. The summed E-state index contributed by atoms with van der Waals surface area (Å²) in [4.78, 5) is 17.8. The first-order valence-corrected chi connectivity index (χ1v) is 9.77. The summed E-state index contributed by atoms with van der Waals surface area (Å²) in [6.07, 6.45) is 4.59. The van der Waals surface area contributed by atoms with Crippen molar-refractivity contribution >= 4 is 5.91 Å². The molecule has 0 aliphatic carbocycles. The monoisotopic (exact) mass is 343 g/mol. The summed E-state index contributed by atoms with van der Waals surface area (Å²) in [7, 11) is 2.21. The van der Waals surface area contributed by atoms with E-state index in [2.05, 4.69) is 60.3 Å². The number of piperidine rings is 1. The van der Waals surface area contributed by atoms with E-state index in [0.717, 1.165) is 39.0 Å². The molecule has 2 aliphatic heterocycles. The fraction of sp³-hybridized carbons (Fsp3) is 0.667. The van der Waals surface area contributed by atoms with Crippen molar-refractivity contribution in [2.24, 2.45) is 5.41 Å². The average Bonchev–Trinajstić information content (AvgIpc) is 2.95. The van der Waals surface area contributed by atoms with Crippen molar-refractivity contribution in [1.29, 1.82) is 0 Å². The third-order valence-corrected chi connectivity index (χ3v) is 6.02. The molecule has 4 nitrogen and oxygen atoms in total. The zero-order valence-electron chi connectivity index (χ0n) is 16.1. The van der Waals surface area contributed by atoms with Gasteiger partial charge < -0.3 is 10.2 Å². The van der Waals surface area contributed by atoms with E-state index in [4.69, 9.17) is 0 Å². The van der Waals surface area contributed by atoms with Crippen LogP contribution in [0.25, 0.3) is 0 Å². The van der Waals surface area contributed by atoms with Crippen LogP contribution in [-0.4, -0.2) is 55.0 Å². The molecule has 1 aromatic carbocycles. The molecule has 0 unspecified atom stereocenters. The largest absolute Gasteiger partial charge is 0.351 e. The second-order valence-electron chi connectivity index (χ2n) is 8.20. The number of nitrogens with zero attached hydrogens (tertiary/aromatic N) is 2. The second-order valence-corrected chi connectivity index (χ2v) is 8.20. The topological polar surface area (TPSA) is 35.6 Å². The fourth-order valence-electron chi connectivity index (χ4n) is 4.51. The van der Waals surface area contributed by atoms with Gasteiger partial charge >= 0.3 is 0 Å². The predicted octanol–water partition coefficient (Wildman–Crippen LogP) is 2.81. The number of carbonyl (C=O) groups is 1. The summed E-state index contributed by atoms with van der Waals surface area (Å²) < 4.78 is 0.